The maximum Gasteiger partial charge on any atom is 0.134 e. The summed E-state index contributed by atoms with van der Waals surface area (Å²) in [6.45, 7) is 2.78. The minimum atomic E-state index is 0.134. The Morgan fingerprint density at radius 1 is 1.10 bits per heavy atom. The van der Waals surface area contributed by atoms with Gasteiger partial charge in [0, 0.05) is 26.7 Å². The van der Waals surface area contributed by atoms with Crippen LogP contribution in [0.2, 0.25) is 5.02 Å². The molecule has 0 spiro atoms. The van der Waals surface area contributed by atoms with Crippen LogP contribution in [0.25, 0.3) is 0 Å². The van der Waals surface area contributed by atoms with Gasteiger partial charge < -0.3 is 14.9 Å². The van der Waals surface area contributed by atoms with Gasteiger partial charge in [-0.1, -0.05) is 29.8 Å². The molecule has 3 nitrogen and oxygen atoms in total. The predicted molar refractivity (Wildman–Crippen MR) is 83.9 cm³/mol. The van der Waals surface area contributed by atoms with Gasteiger partial charge in [-0.3, -0.25) is 0 Å². The molecule has 0 saturated carbocycles. The van der Waals surface area contributed by atoms with Crippen LogP contribution in [-0.2, 0) is 6.54 Å². The molecule has 104 valence electrons. The second kappa shape index (κ2) is 5.25. The lowest BCUT2D eigenvalue weighted by Gasteiger charge is -2.37. The monoisotopic (exact) mass is 288 g/mol. The van der Waals surface area contributed by atoms with E-state index in [9.17, 15) is 5.11 Å². The molecule has 0 saturated heterocycles. The number of hydrogen-bond donors (Lipinski definition) is 1. The summed E-state index contributed by atoms with van der Waals surface area (Å²) in [4.78, 5) is 4.62. The van der Waals surface area contributed by atoms with E-state index in [1.807, 2.05) is 12.1 Å². The van der Waals surface area contributed by atoms with Crippen LogP contribution in [0.5, 0.6) is 5.75 Å². The molecule has 1 N–H and O–H groups in total. The van der Waals surface area contributed by atoms with Crippen molar-refractivity contribution in [2.45, 2.75) is 6.54 Å². The third kappa shape index (κ3) is 2.41. The van der Waals surface area contributed by atoms with Crippen molar-refractivity contribution >= 4 is 23.0 Å². The van der Waals surface area contributed by atoms with Crippen LogP contribution in [-0.4, -0.2) is 25.2 Å². The Balaban J connectivity index is 1.88. The minimum absolute atomic E-state index is 0.134. The number of phenols is 1. The summed E-state index contributed by atoms with van der Waals surface area (Å²) >= 11 is 5.98. The molecule has 0 aliphatic carbocycles. The van der Waals surface area contributed by atoms with Gasteiger partial charge in [-0.25, -0.2) is 0 Å². The standard InChI is InChI=1S/C16H17ClN2O/c1-18-8-9-19(15-5-3-2-4-14(15)18)11-12-6-7-16(20)13(17)10-12/h2-7,10,20H,8-9,11H2,1H3. The molecule has 20 heavy (non-hydrogen) atoms. The molecule has 4 heteroatoms. The van der Waals surface area contributed by atoms with Gasteiger partial charge in [-0.2, -0.15) is 0 Å². The van der Waals surface area contributed by atoms with Gasteiger partial charge in [-0.05, 0) is 29.8 Å². The SMILES string of the molecule is CN1CCN(Cc2ccc(O)c(Cl)c2)c2ccccc21. The van der Waals surface area contributed by atoms with E-state index in [4.69, 9.17) is 11.6 Å². The number of fused-ring (bicyclic) bond motifs is 1. The molecule has 0 amide bonds. The van der Waals surface area contributed by atoms with Gasteiger partial charge in [0.2, 0.25) is 0 Å². The molecule has 0 aromatic heterocycles. The van der Waals surface area contributed by atoms with Crippen LogP contribution >= 0.6 is 11.6 Å². The highest BCUT2D eigenvalue weighted by molar-refractivity contribution is 6.32. The van der Waals surface area contributed by atoms with E-state index in [-0.39, 0.29) is 5.75 Å². The number of benzene rings is 2. The average molecular weight is 289 g/mol. The Morgan fingerprint density at radius 2 is 1.85 bits per heavy atom. The van der Waals surface area contributed by atoms with Crippen LogP contribution in [0.1, 0.15) is 5.56 Å². The molecule has 1 aliphatic heterocycles. The smallest absolute Gasteiger partial charge is 0.134 e. The normalized spacial score (nSPS) is 14.3. The molecule has 0 fully saturated rings. The summed E-state index contributed by atoms with van der Waals surface area (Å²) in [7, 11) is 2.12. The highest BCUT2D eigenvalue weighted by Gasteiger charge is 2.19. The van der Waals surface area contributed by atoms with Gasteiger partial charge in [0.1, 0.15) is 5.75 Å². The Labute approximate surface area is 124 Å². The third-order valence-corrected chi connectivity index (χ3v) is 4.03. The second-order valence-corrected chi connectivity index (χ2v) is 5.52. The van der Waals surface area contributed by atoms with E-state index in [1.54, 1.807) is 6.07 Å². The van der Waals surface area contributed by atoms with Crippen molar-refractivity contribution in [3.05, 3.63) is 53.1 Å². The Bertz CT molecular complexity index is 630. The number of anilines is 2. The Morgan fingerprint density at radius 3 is 2.60 bits per heavy atom. The third-order valence-electron chi connectivity index (χ3n) is 3.72. The van der Waals surface area contributed by atoms with E-state index >= 15 is 0 Å². The fourth-order valence-electron chi connectivity index (χ4n) is 2.60. The van der Waals surface area contributed by atoms with E-state index < -0.39 is 0 Å². The zero-order chi connectivity index (χ0) is 14.1. The van der Waals surface area contributed by atoms with Crippen molar-refractivity contribution in [3.63, 3.8) is 0 Å². The number of hydrogen-bond acceptors (Lipinski definition) is 3. The van der Waals surface area contributed by atoms with Gasteiger partial charge in [0.15, 0.2) is 0 Å². The molecule has 1 aliphatic rings. The summed E-state index contributed by atoms with van der Waals surface area (Å²) in [5.41, 5.74) is 3.60. The van der Waals surface area contributed by atoms with Crippen LogP contribution in [0, 0.1) is 0 Å². The lowest BCUT2D eigenvalue weighted by atomic mass is 10.1. The lowest BCUT2D eigenvalue weighted by Crippen LogP contribution is -2.38. The molecule has 2 aromatic rings. The van der Waals surface area contributed by atoms with Crippen molar-refractivity contribution in [2.24, 2.45) is 0 Å². The number of para-hydroxylation sites is 2. The second-order valence-electron chi connectivity index (χ2n) is 5.12. The summed E-state index contributed by atoms with van der Waals surface area (Å²) in [6, 6.07) is 13.8. The summed E-state index contributed by atoms with van der Waals surface area (Å²) in [5, 5.41) is 9.90. The fraction of sp³-hybridized carbons (Fsp3) is 0.250. The Kier molecular flexibility index (Phi) is 3.45. The number of nitrogens with zero attached hydrogens (tertiary/aromatic N) is 2. The van der Waals surface area contributed by atoms with Crippen LogP contribution in [0.4, 0.5) is 11.4 Å². The van der Waals surface area contributed by atoms with E-state index in [0.29, 0.717) is 5.02 Å². The lowest BCUT2D eigenvalue weighted by molar-refractivity contribution is 0.475. The first kappa shape index (κ1) is 13.1. The molecular formula is C16H17ClN2O. The zero-order valence-electron chi connectivity index (χ0n) is 11.4. The number of rotatable bonds is 2. The first-order chi connectivity index (χ1) is 9.65. The highest BCUT2D eigenvalue weighted by Crippen LogP contribution is 2.33. The maximum absolute atomic E-state index is 9.49. The molecule has 1 heterocycles. The highest BCUT2D eigenvalue weighted by atomic mass is 35.5. The quantitative estimate of drug-likeness (QED) is 0.916. The topological polar surface area (TPSA) is 26.7 Å². The van der Waals surface area contributed by atoms with Crippen molar-refractivity contribution < 1.29 is 5.11 Å². The molecule has 2 aromatic carbocycles. The minimum Gasteiger partial charge on any atom is -0.506 e. The van der Waals surface area contributed by atoms with Crippen molar-refractivity contribution in [2.75, 3.05) is 29.9 Å². The Hall–Kier alpha value is -1.87. The van der Waals surface area contributed by atoms with E-state index in [0.717, 1.165) is 25.2 Å². The first-order valence-electron chi connectivity index (χ1n) is 6.67. The van der Waals surface area contributed by atoms with Crippen LogP contribution in [0.15, 0.2) is 42.5 Å². The fourth-order valence-corrected chi connectivity index (χ4v) is 2.80. The first-order valence-corrected chi connectivity index (χ1v) is 7.05. The van der Waals surface area contributed by atoms with E-state index in [1.165, 1.54) is 11.4 Å². The van der Waals surface area contributed by atoms with Crippen molar-refractivity contribution in [3.8, 4) is 5.75 Å². The van der Waals surface area contributed by atoms with Crippen molar-refractivity contribution in [1.82, 2.24) is 0 Å². The van der Waals surface area contributed by atoms with Crippen LogP contribution < -0.4 is 9.80 Å². The molecular weight excluding hydrogens is 272 g/mol. The van der Waals surface area contributed by atoms with Gasteiger partial charge in [0.25, 0.3) is 0 Å². The largest absolute Gasteiger partial charge is 0.506 e. The van der Waals surface area contributed by atoms with Crippen molar-refractivity contribution in [1.29, 1.82) is 0 Å². The number of likely N-dealkylation sites (N-methyl/N-ethyl adjacent to an activating group) is 1. The maximum atomic E-state index is 9.49. The molecule has 3 rings (SSSR count). The summed E-state index contributed by atoms with van der Waals surface area (Å²) in [6.07, 6.45) is 0. The van der Waals surface area contributed by atoms with E-state index in [2.05, 4.69) is 41.1 Å². The van der Waals surface area contributed by atoms with Gasteiger partial charge >= 0.3 is 0 Å². The number of halogens is 1. The predicted octanol–water partition coefficient (Wildman–Crippen LogP) is 3.50. The van der Waals surface area contributed by atoms with Crippen LogP contribution in [0.3, 0.4) is 0 Å². The van der Waals surface area contributed by atoms with Gasteiger partial charge in [-0.15, -0.1) is 0 Å². The number of aromatic hydroxyl groups is 1. The average Bonchev–Trinajstić information content (AvgIpc) is 2.46. The zero-order valence-corrected chi connectivity index (χ0v) is 12.1. The van der Waals surface area contributed by atoms with Gasteiger partial charge in [0.05, 0.1) is 16.4 Å². The summed E-state index contributed by atoms with van der Waals surface area (Å²) in [5.74, 6) is 0.134. The summed E-state index contributed by atoms with van der Waals surface area (Å²) < 4.78 is 0. The molecule has 0 bridgehead atoms. The molecule has 0 radical (unpaired) electrons. The molecule has 0 unspecified atom stereocenters. The number of phenolic OH excluding ortho intramolecular Hbond substituents is 1. The molecule has 0 atom stereocenters.